The summed E-state index contributed by atoms with van der Waals surface area (Å²) >= 11 is 0. The van der Waals surface area contributed by atoms with Crippen LogP contribution < -0.4 is 17.0 Å². The average molecular weight is 673 g/mol. The number of imidazole rings is 2. The van der Waals surface area contributed by atoms with Crippen LogP contribution in [0.4, 0.5) is 16.2 Å². The first-order chi connectivity index (χ1) is 21.5. The molecule has 45 heavy (non-hydrogen) atoms. The van der Waals surface area contributed by atoms with Crippen molar-refractivity contribution in [3.05, 3.63) is 29.3 Å². The average Bonchev–Trinajstić information content (AvgIpc) is 3.75. The van der Waals surface area contributed by atoms with Gasteiger partial charge in [0.2, 0.25) is 5.95 Å². The zero-order valence-corrected chi connectivity index (χ0v) is 24.6. The molecular formula is C21H24FN10O11P2+. The lowest BCUT2D eigenvalue weighted by Gasteiger charge is -2.26. The van der Waals surface area contributed by atoms with Crippen LogP contribution in [0.15, 0.2) is 23.8 Å². The number of nitrogen functional groups attached to an aromatic ring is 2. The van der Waals surface area contributed by atoms with E-state index < -0.39 is 84.0 Å². The summed E-state index contributed by atoms with van der Waals surface area (Å²) in [6.45, 7) is -1.23. The molecule has 0 aromatic carbocycles. The minimum atomic E-state index is -5.01. The van der Waals surface area contributed by atoms with Crippen molar-refractivity contribution in [3.8, 4) is 0 Å². The number of H-pyrrole nitrogens is 1. The van der Waals surface area contributed by atoms with Crippen LogP contribution in [0.5, 0.6) is 0 Å². The van der Waals surface area contributed by atoms with Crippen LogP contribution in [-0.4, -0.2) is 101 Å². The molecule has 7 heterocycles. The Kier molecular flexibility index (Phi) is 7.60. The van der Waals surface area contributed by atoms with E-state index in [1.807, 2.05) is 0 Å². The SMILES string of the molecule is CO[C@H]1[C@H]2OP(=O)(O)OC[C@H]3O[C@@H](n4cnc5c(N)ncnc54)[C@H](F)[C@@H]3O[P+](=O)OC[C@H]1O[C@H]2n1cnc2c(=O)[nH]c(N)nc21. The fourth-order valence-electron chi connectivity index (χ4n) is 5.44. The van der Waals surface area contributed by atoms with Gasteiger partial charge in [-0.1, -0.05) is 0 Å². The number of methoxy groups -OCH3 is 1. The standard InChI is InChI=1S/C21H23FN10O11P2/c1-37-13-7-2-38-44(34)42-12-8(40-19(9(12)22)31-5-27-10-15(23)25-4-26-16(10)31)3-39-45(35,36)43-14(13)20(41-7)32-6-28-11-17(32)29-21(24)30-18(11)33/h4-9,12-14,19-20H,2-3H2,1H3,(H5-,23,24,25,26,29,30,33,35,36)/p+1/t7-,8-,9-,12-,13-,14-,19-,20-/m1/s1. The first-order valence-electron chi connectivity index (χ1n) is 13.1. The number of aromatic nitrogens is 8. The summed E-state index contributed by atoms with van der Waals surface area (Å²) in [4.78, 5) is 45.6. The molecule has 3 aliphatic heterocycles. The van der Waals surface area contributed by atoms with Crippen LogP contribution in [0, 0.1) is 0 Å². The van der Waals surface area contributed by atoms with Gasteiger partial charge in [0.15, 0.2) is 47.4 Å². The van der Waals surface area contributed by atoms with Crippen molar-refractivity contribution in [2.75, 3.05) is 31.8 Å². The van der Waals surface area contributed by atoms with Gasteiger partial charge in [0.25, 0.3) is 5.56 Å². The number of ether oxygens (including phenoxy) is 3. The predicted octanol–water partition coefficient (Wildman–Crippen LogP) is -0.153. The number of aromatic amines is 1. The highest BCUT2D eigenvalue weighted by atomic mass is 31.2. The Hall–Kier alpha value is -3.56. The molecule has 3 saturated heterocycles. The number of anilines is 2. The maximum absolute atomic E-state index is 15.9. The van der Waals surface area contributed by atoms with Gasteiger partial charge in [-0.05, 0) is 0 Å². The number of nitrogens with two attached hydrogens (primary N) is 2. The lowest BCUT2D eigenvalue weighted by Crippen LogP contribution is -2.37. The van der Waals surface area contributed by atoms with E-state index in [9.17, 15) is 18.8 Å². The summed E-state index contributed by atoms with van der Waals surface area (Å²) in [5, 5.41) is 0. The second-order valence-corrected chi connectivity index (χ2v) is 12.4. The number of hydrogen-bond acceptors (Lipinski definition) is 17. The highest BCUT2D eigenvalue weighted by molar-refractivity contribution is 7.47. The van der Waals surface area contributed by atoms with Crippen molar-refractivity contribution in [2.45, 2.75) is 49.1 Å². The summed E-state index contributed by atoms with van der Waals surface area (Å²) in [6, 6.07) is 0. The Morgan fingerprint density at radius 2 is 1.80 bits per heavy atom. The van der Waals surface area contributed by atoms with Crippen molar-refractivity contribution in [3.63, 3.8) is 0 Å². The zero-order chi connectivity index (χ0) is 31.6. The largest absolute Gasteiger partial charge is 0.697 e. The Bertz CT molecular complexity index is 1890. The van der Waals surface area contributed by atoms with Gasteiger partial charge in [0, 0.05) is 11.7 Å². The summed E-state index contributed by atoms with van der Waals surface area (Å²) in [5.41, 5.74) is 11.1. The zero-order valence-electron chi connectivity index (χ0n) is 22.9. The number of alkyl halides is 1. The van der Waals surface area contributed by atoms with E-state index in [-0.39, 0.29) is 34.1 Å². The van der Waals surface area contributed by atoms with E-state index in [1.54, 1.807) is 0 Å². The lowest BCUT2D eigenvalue weighted by molar-refractivity contribution is -0.0625. The molecule has 0 aliphatic carbocycles. The highest BCUT2D eigenvalue weighted by Gasteiger charge is 2.56. The number of fused-ring (bicyclic) bond motifs is 5. The fourth-order valence-corrected chi connectivity index (χ4v) is 7.15. The van der Waals surface area contributed by atoms with E-state index in [1.165, 1.54) is 28.9 Å². The number of nitrogens with one attached hydrogen (secondary N) is 1. The summed E-state index contributed by atoms with van der Waals surface area (Å²) < 4.78 is 83.6. The van der Waals surface area contributed by atoms with Gasteiger partial charge < -0.3 is 30.6 Å². The molecule has 0 radical (unpaired) electrons. The third-order valence-electron chi connectivity index (χ3n) is 7.42. The number of hydrogen-bond donors (Lipinski definition) is 4. The van der Waals surface area contributed by atoms with Crippen molar-refractivity contribution < 1.29 is 50.7 Å². The number of phosphoric ester groups is 1. The Morgan fingerprint density at radius 3 is 2.58 bits per heavy atom. The first kappa shape index (κ1) is 30.1. The van der Waals surface area contributed by atoms with Crippen molar-refractivity contribution in [1.29, 1.82) is 0 Å². The molecule has 3 fully saturated rings. The molecule has 4 aromatic rings. The minimum Gasteiger partial charge on any atom is -0.382 e. The van der Waals surface area contributed by atoms with E-state index >= 15 is 4.39 Å². The predicted molar refractivity (Wildman–Crippen MR) is 145 cm³/mol. The normalized spacial score (nSPS) is 35.2. The van der Waals surface area contributed by atoms with Gasteiger partial charge in [0.05, 0.1) is 19.3 Å². The summed E-state index contributed by atoms with van der Waals surface area (Å²) in [6.07, 6.45) is -7.83. The highest BCUT2D eigenvalue weighted by Crippen LogP contribution is 2.52. The summed E-state index contributed by atoms with van der Waals surface area (Å²) in [7, 11) is -6.76. The Balaban J connectivity index is 1.20. The second-order valence-electron chi connectivity index (χ2n) is 10.1. The smallest absolute Gasteiger partial charge is 0.382 e. The first-order valence-corrected chi connectivity index (χ1v) is 15.7. The molecule has 3 aliphatic rings. The Labute approximate surface area is 250 Å². The molecule has 0 saturated carbocycles. The van der Waals surface area contributed by atoms with Crippen LogP contribution in [0.2, 0.25) is 0 Å². The third-order valence-corrected chi connectivity index (χ3v) is 9.18. The van der Waals surface area contributed by atoms with Gasteiger partial charge in [0.1, 0.15) is 42.9 Å². The third kappa shape index (κ3) is 5.27. The molecular weight excluding hydrogens is 649 g/mol. The number of nitrogens with zero attached hydrogens (tertiary/aromatic N) is 7. The maximum atomic E-state index is 15.9. The van der Waals surface area contributed by atoms with Gasteiger partial charge in [-0.25, -0.2) is 28.9 Å². The molecule has 10 atom stereocenters. The Morgan fingerprint density at radius 1 is 1.07 bits per heavy atom. The van der Waals surface area contributed by atoms with Crippen molar-refractivity contribution >= 4 is 50.2 Å². The van der Waals surface area contributed by atoms with E-state index in [4.69, 9.17) is 43.8 Å². The van der Waals surface area contributed by atoms with Crippen LogP contribution in [0.25, 0.3) is 22.3 Å². The van der Waals surface area contributed by atoms with Crippen molar-refractivity contribution in [2.24, 2.45) is 0 Å². The van der Waals surface area contributed by atoms with E-state index in [0.29, 0.717) is 0 Å². The quantitative estimate of drug-likeness (QED) is 0.206. The van der Waals surface area contributed by atoms with Gasteiger partial charge in [-0.3, -0.25) is 28.0 Å². The van der Waals surface area contributed by atoms with E-state index in [2.05, 4.69) is 29.9 Å². The molecule has 24 heteroatoms. The van der Waals surface area contributed by atoms with Crippen LogP contribution >= 0.6 is 16.1 Å². The molecule has 2 unspecified atom stereocenters. The molecule has 240 valence electrons. The minimum absolute atomic E-state index is 0.0308. The van der Waals surface area contributed by atoms with Gasteiger partial charge >= 0.3 is 16.1 Å². The van der Waals surface area contributed by atoms with Crippen molar-refractivity contribution in [1.82, 2.24) is 39.0 Å². The molecule has 7 rings (SSSR count). The van der Waals surface area contributed by atoms with E-state index in [0.717, 1.165) is 6.33 Å². The molecule has 0 amide bonds. The lowest BCUT2D eigenvalue weighted by atomic mass is 10.1. The van der Waals surface area contributed by atoms with Crippen LogP contribution in [0.1, 0.15) is 12.5 Å². The molecule has 2 bridgehead atoms. The molecule has 4 aromatic heterocycles. The number of rotatable bonds is 3. The van der Waals surface area contributed by atoms with Gasteiger partial charge in [-0.2, -0.15) is 4.98 Å². The summed E-state index contributed by atoms with van der Waals surface area (Å²) in [5.74, 6) is -0.182. The van der Waals surface area contributed by atoms with Crippen LogP contribution in [-0.2, 0) is 41.4 Å². The molecule has 0 spiro atoms. The monoisotopic (exact) mass is 673 g/mol. The number of halogens is 1. The number of phosphoric acid groups is 1. The molecule has 6 N–H and O–H groups in total. The molecule has 21 nitrogen and oxygen atoms in total. The maximum Gasteiger partial charge on any atom is 0.697 e. The van der Waals surface area contributed by atoms with Gasteiger partial charge in [-0.15, -0.1) is 9.05 Å². The fraction of sp³-hybridized carbons (Fsp3) is 0.524. The second kappa shape index (κ2) is 11.4. The van der Waals surface area contributed by atoms with Crippen LogP contribution in [0.3, 0.4) is 0 Å². The topological polar surface area (TPSA) is 278 Å².